The van der Waals surface area contributed by atoms with Crippen LogP contribution in [0, 0.1) is 5.92 Å². The SMILES string of the molecule is CN=C(NC1CC1(C)c1ccccc1OC)N1CCC(C)C(n2ccnc2)C1.I. The smallest absolute Gasteiger partial charge is 0.193 e. The molecule has 0 spiro atoms. The number of guanidine groups is 1. The summed E-state index contributed by atoms with van der Waals surface area (Å²) in [6, 6.07) is 9.14. The molecule has 1 aromatic carbocycles. The molecule has 2 heterocycles. The molecular formula is C22H32IN5O. The van der Waals surface area contributed by atoms with Crippen molar-refractivity contribution >= 4 is 29.9 Å². The fraction of sp³-hybridized carbons (Fsp3) is 0.545. The Morgan fingerprint density at radius 1 is 1.34 bits per heavy atom. The molecule has 1 saturated carbocycles. The van der Waals surface area contributed by atoms with Crippen molar-refractivity contribution in [2.75, 3.05) is 27.2 Å². The van der Waals surface area contributed by atoms with Crippen LogP contribution < -0.4 is 10.1 Å². The molecule has 1 aromatic heterocycles. The molecular weight excluding hydrogens is 477 g/mol. The number of piperidine rings is 1. The van der Waals surface area contributed by atoms with Gasteiger partial charge in [-0.15, -0.1) is 24.0 Å². The van der Waals surface area contributed by atoms with Crippen LogP contribution in [0.5, 0.6) is 5.75 Å². The van der Waals surface area contributed by atoms with E-state index in [2.05, 4.69) is 56.9 Å². The zero-order valence-corrected chi connectivity index (χ0v) is 20.0. The highest BCUT2D eigenvalue weighted by molar-refractivity contribution is 14.0. The number of likely N-dealkylation sites (tertiary alicyclic amines) is 1. The Hall–Kier alpha value is -1.77. The predicted molar refractivity (Wildman–Crippen MR) is 127 cm³/mol. The van der Waals surface area contributed by atoms with E-state index in [9.17, 15) is 0 Å². The number of aliphatic imine (C=N–C) groups is 1. The van der Waals surface area contributed by atoms with E-state index in [0.29, 0.717) is 18.0 Å². The minimum absolute atomic E-state index is 0. The molecule has 4 rings (SSSR count). The van der Waals surface area contributed by atoms with Gasteiger partial charge in [-0.1, -0.05) is 32.0 Å². The maximum atomic E-state index is 5.60. The van der Waals surface area contributed by atoms with Crippen molar-refractivity contribution in [3.05, 3.63) is 48.5 Å². The average molecular weight is 509 g/mol. The summed E-state index contributed by atoms with van der Waals surface area (Å²) in [6.07, 6.45) is 8.10. The highest BCUT2D eigenvalue weighted by atomic mass is 127. The van der Waals surface area contributed by atoms with Gasteiger partial charge in [0.1, 0.15) is 5.75 Å². The van der Waals surface area contributed by atoms with Crippen molar-refractivity contribution in [1.29, 1.82) is 0 Å². The number of nitrogens with one attached hydrogen (secondary N) is 1. The molecule has 7 heteroatoms. The van der Waals surface area contributed by atoms with Gasteiger partial charge in [0, 0.05) is 49.6 Å². The molecule has 4 atom stereocenters. The van der Waals surface area contributed by atoms with E-state index in [1.54, 1.807) is 7.11 Å². The third-order valence-electron chi connectivity index (χ3n) is 6.60. The van der Waals surface area contributed by atoms with Gasteiger partial charge in [-0.3, -0.25) is 4.99 Å². The molecule has 6 nitrogen and oxygen atoms in total. The molecule has 4 unspecified atom stereocenters. The molecule has 1 aliphatic carbocycles. The summed E-state index contributed by atoms with van der Waals surface area (Å²) in [7, 11) is 3.63. The van der Waals surface area contributed by atoms with E-state index >= 15 is 0 Å². The molecule has 0 amide bonds. The predicted octanol–water partition coefficient (Wildman–Crippen LogP) is 3.70. The van der Waals surface area contributed by atoms with Gasteiger partial charge in [-0.25, -0.2) is 4.98 Å². The summed E-state index contributed by atoms with van der Waals surface area (Å²) in [5.74, 6) is 2.60. The van der Waals surface area contributed by atoms with E-state index in [4.69, 9.17) is 4.74 Å². The second kappa shape index (κ2) is 8.93. The third kappa shape index (κ3) is 4.25. The van der Waals surface area contributed by atoms with Gasteiger partial charge >= 0.3 is 0 Å². The zero-order chi connectivity index (χ0) is 19.7. The van der Waals surface area contributed by atoms with Gasteiger partial charge in [0.25, 0.3) is 0 Å². The van der Waals surface area contributed by atoms with Gasteiger partial charge in [0.15, 0.2) is 5.96 Å². The first-order valence-electron chi connectivity index (χ1n) is 10.2. The summed E-state index contributed by atoms with van der Waals surface area (Å²) in [5.41, 5.74) is 1.35. The lowest BCUT2D eigenvalue weighted by molar-refractivity contribution is 0.188. The summed E-state index contributed by atoms with van der Waals surface area (Å²) >= 11 is 0. The number of hydrogen-bond acceptors (Lipinski definition) is 3. The van der Waals surface area contributed by atoms with Gasteiger partial charge < -0.3 is 19.5 Å². The normalized spacial score (nSPS) is 29.2. The van der Waals surface area contributed by atoms with E-state index in [-0.39, 0.29) is 29.4 Å². The maximum Gasteiger partial charge on any atom is 0.193 e. The van der Waals surface area contributed by atoms with Crippen LogP contribution in [0.15, 0.2) is 48.0 Å². The first-order chi connectivity index (χ1) is 13.6. The lowest BCUT2D eigenvalue weighted by Gasteiger charge is -2.39. The molecule has 2 aromatic rings. The summed E-state index contributed by atoms with van der Waals surface area (Å²) in [4.78, 5) is 11.2. The molecule has 0 bridgehead atoms. The number of para-hydroxylation sites is 1. The van der Waals surface area contributed by atoms with Crippen LogP contribution >= 0.6 is 24.0 Å². The van der Waals surface area contributed by atoms with Crippen molar-refractivity contribution in [2.24, 2.45) is 10.9 Å². The number of aromatic nitrogens is 2. The Kier molecular flexibility index (Phi) is 6.76. The van der Waals surface area contributed by atoms with E-state index in [1.165, 1.54) is 5.56 Å². The van der Waals surface area contributed by atoms with Crippen LogP contribution in [0.2, 0.25) is 0 Å². The fourth-order valence-electron chi connectivity index (χ4n) is 4.54. The van der Waals surface area contributed by atoms with Crippen LogP contribution in [0.3, 0.4) is 0 Å². The number of benzene rings is 1. The van der Waals surface area contributed by atoms with Crippen LogP contribution in [0.25, 0.3) is 0 Å². The second-order valence-corrected chi connectivity index (χ2v) is 8.36. The summed E-state index contributed by atoms with van der Waals surface area (Å²) in [6.45, 7) is 6.62. The fourth-order valence-corrected chi connectivity index (χ4v) is 4.54. The largest absolute Gasteiger partial charge is 0.496 e. The number of methoxy groups -OCH3 is 1. The van der Waals surface area contributed by atoms with Crippen LogP contribution in [0.1, 0.15) is 38.3 Å². The standard InChI is InChI=1S/C22H31N5O.HI/c1-16-9-11-26(14-18(16)27-12-10-24-15-27)21(23-3)25-20-13-22(20,2)17-7-5-6-8-19(17)28-4;/h5-8,10,12,15-16,18,20H,9,11,13-14H2,1-4H3,(H,23,25);1H. The number of rotatable bonds is 4. The number of ether oxygens (including phenoxy) is 1. The first kappa shape index (κ1) is 21.9. The van der Waals surface area contributed by atoms with Crippen molar-refractivity contribution < 1.29 is 4.74 Å². The lowest BCUT2D eigenvalue weighted by Crippen LogP contribution is -2.50. The van der Waals surface area contributed by atoms with Crippen LogP contribution in [0.4, 0.5) is 0 Å². The molecule has 2 aliphatic rings. The molecule has 1 N–H and O–H groups in total. The number of nitrogens with zero attached hydrogens (tertiary/aromatic N) is 4. The van der Waals surface area contributed by atoms with E-state index < -0.39 is 0 Å². The molecule has 1 saturated heterocycles. The van der Waals surface area contributed by atoms with Crippen LogP contribution in [-0.2, 0) is 5.41 Å². The maximum absolute atomic E-state index is 5.60. The number of hydrogen-bond donors (Lipinski definition) is 1. The quantitative estimate of drug-likeness (QED) is 0.388. The minimum Gasteiger partial charge on any atom is -0.496 e. The molecule has 1 aliphatic heterocycles. The molecule has 0 radical (unpaired) electrons. The van der Waals surface area contributed by atoms with E-state index in [0.717, 1.165) is 37.6 Å². The first-order valence-corrected chi connectivity index (χ1v) is 10.2. The van der Waals surface area contributed by atoms with Gasteiger partial charge in [-0.2, -0.15) is 0 Å². The topological polar surface area (TPSA) is 54.7 Å². The summed E-state index contributed by atoms with van der Waals surface area (Å²) < 4.78 is 7.83. The van der Waals surface area contributed by atoms with Crippen molar-refractivity contribution in [3.63, 3.8) is 0 Å². The highest BCUT2D eigenvalue weighted by Crippen LogP contribution is 2.51. The molecule has 2 fully saturated rings. The molecule has 158 valence electrons. The highest BCUT2D eigenvalue weighted by Gasteiger charge is 2.53. The van der Waals surface area contributed by atoms with Crippen molar-refractivity contribution in [3.8, 4) is 5.75 Å². The third-order valence-corrected chi connectivity index (χ3v) is 6.60. The Labute approximate surface area is 190 Å². The summed E-state index contributed by atoms with van der Waals surface area (Å²) in [5, 5.41) is 3.73. The zero-order valence-electron chi connectivity index (χ0n) is 17.7. The lowest BCUT2D eigenvalue weighted by atomic mass is 9.93. The Morgan fingerprint density at radius 3 is 2.83 bits per heavy atom. The van der Waals surface area contributed by atoms with Crippen molar-refractivity contribution in [1.82, 2.24) is 19.8 Å². The Morgan fingerprint density at radius 2 is 2.14 bits per heavy atom. The van der Waals surface area contributed by atoms with Crippen molar-refractivity contribution in [2.45, 2.75) is 44.2 Å². The van der Waals surface area contributed by atoms with Crippen LogP contribution in [-0.4, -0.2) is 53.7 Å². The Balaban J connectivity index is 0.00000240. The monoisotopic (exact) mass is 509 g/mol. The van der Waals surface area contributed by atoms with Gasteiger partial charge in [0.2, 0.25) is 0 Å². The number of halogens is 1. The second-order valence-electron chi connectivity index (χ2n) is 8.36. The molecule has 29 heavy (non-hydrogen) atoms. The van der Waals surface area contributed by atoms with E-state index in [1.807, 2.05) is 31.7 Å². The Bertz CT molecular complexity index is 839. The van der Waals surface area contributed by atoms with Gasteiger partial charge in [-0.05, 0) is 24.8 Å². The minimum atomic E-state index is 0. The number of imidazole rings is 1. The average Bonchev–Trinajstić information content (AvgIpc) is 3.11. The van der Waals surface area contributed by atoms with Gasteiger partial charge in [0.05, 0.1) is 19.5 Å².